The van der Waals surface area contributed by atoms with Gasteiger partial charge in [-0.15, -0.1) is 0 Å². The maximum absolute atomic E-state index is 8.84. The van der Waals surface area contributed by atoms with Gasteiger partial charge in [-0.3, -0.25) is 0 Å². The molecule has 2 unspecified atom stereocenters. The Morgan fingerprint density at radius 2 is 2.16 bits per heavy atom. The highest BCUT2D eigenvalue weighted by Crippen LogP contribution is 2.31. The molecule has 0 spiro atoms. The number of benzene rings is 1. The van der Waals surface area contributed by atoms with E-state index in [1.165, 1.54) is 19.3 Å². The smallest absolute Gasteiger partial charge is 0.173 e. The van der Waals surface area contributed by atoms with Crippen molar-refractivity contribution in [1.29, 1.82) is 0 Å². The molecule has 1 aromatic rings. The minimum absolute atomic E-state index is 0.0750. The van der Waals surface area contributed by atoms with Crippen molar-refractivity contribution in [2.45, 2.75) is 38.7 Å². The van der Waals surface area contributed by atoms with Crippen LogP contribution >= 0.6 is 15.9 Å². The lowest BCUT2D eigenvalue weighted by molar-refractivity contribution is 0.102. The molecule has 2 atom stereocenters. The fourth-order valence-electron chi connectivity index (χ4n) is 2.48. The first-order chi connectivity index (χ1) is 9.11. The standard InChI is InChI=1S/C14H19BrN2O2/c1-9-4-2-3-5-12(9)19-13-8-10(15)6-7-11(13)14(16)17-18/h6-9,12,18H,2-5H2,1H3,(H2,16,17). The summed E-state index contributed by atoms with van der Waals surface area (Å²) in [5.41, 5.74) is 6.32. The van der Waals surface area contributed by atoms with E-state index in [1.807, 2.05) is 12.1 Å². The number of nitrogens with two attached hydrogens (primary N) is 1. The molecule has 4 nitrogen and oxygen atoms in total. The van der Waals surface area contributed by atoms with Gasteiger partial charge in [0.25, 0.3) is 0 Å². The van der Waals surface area contributed by atoms with Gasteiger partial charge < -0.3 is 15.7 Å². The van der Waals surface area contributed by atoms with Crippen molar-refractivity contribution in [3.63, 3.8) is 0 Å². The third-order valence-electron chi connectivity index (χ3n) is 3.64. The number of ether oxygens (including phenoxy) is 1. The van der Waals surface area contributed by atoms with Crippen LogP contribution in [0.4, 0.5) is 0 Å². The number of hydrogen-bond donors (Lipinski definition) is 2. The van der Waals surface area contributed by atoms with E-state index in [1.54, 1.807) is 6.07 Å². The van der Waals surface area contributed by atoms with Crippen LogP contribution in [0, 0.1) is 5.92 Å². The van der Waals surface area contributed by atoms with E-state index in [2.05, 4.69) is 28.0 Å². The molecule has 1 aliphatic carbocycles. The van der Waals surface area contributed by atoms with Crippen molar-refractivity contribution < 1.29 is 9.94 Å². The molecule has 5 heteroatoms. The molecule has 0 aromatic heterocycles. The zero-order valence-electron chi connectivity index (χ0n) is 11.0. The third-order valence-corrected chi connectivity index (χ3v) is 4.13. The summed E-state index contributed by atoms with van der Waals surface area (Å²) in [6.45, 7) is 2.21. The van der Waals surface area contributed by atoms with Crippen molar-refractivity contribution in [3.8, 4) is 5.75 Å². The summed E-state index contributed by atoms with van der Waals surface area (Å²) in [7, 11) is 0. The van der Waals surface area contributed by atoms with Gasteiger partial charge in [0.15, 0.2) is 5.84 Å². The fraction of sp³-hybridized carbons (Fsp3) is 0.500. The normalized spacial score (nSPS) is 24.2. The average Bonchev–Trinajstić information content (AvgIpc) is 2.41. The van der Waals surface area contributed by atoms with E-state index < -0.39 is 0 Å². The van der Waals surface area contributed by atoms with Crippen molar-refractivity contribution in [2.75, 3.05) is 0 Å². The summed E-state index contributed by atoms with van der Waals surface area (Å²) in [5, 5.41) is 11.9. The molecule has 2 rings (SSSR count). The van der Waals surface area contributed by atoms with Gasteiger partial charge in [-0.2, -0.15) is 0 Å². The van der Waals surface area contributed by atoms with Crippen molar-refractivity contribution in [1.82, 2.24) is 0 Å². The molecule has 104 valence electrons. The first-order valence-electron chi connectivity index (χ1n) is 6.56. The largest absolute Gasteiger partial charge is 0.489 e. The first-order valence-corrected chi connectivity index (χ1v) is 7.35. The number of nitrogens with zero attached hydrogens (tertiary/aromatic N) is 1. The summed E-state index contributed by atoms with van der Waals surface area (Å²) in [6, 6.07) is 5.52. The molecule has 0 radical (unpaired) electrons. The lowest BCUT2D eigenvalue weighted by atomic mass is 9.88. The molecule has 0 heterocycles. The van der Waals surface area contributed by atoms with Crippen LogP contribution in [0.15, 0.2) is 27.8 Å². The Morgan fingerprint density at radius 3 is 2.84 bits per heavy atom. The van der Waals surface area contributed by atoms with Gasteiger partial charge in [-0.1, -0.05) is 34.4 Å². The van der Waals surface area contributed by atoms with E-state index in [0.29, 0.717) is 17.2 Å². The van der Waals surface area contributed by atoms with Crippen LogP contribution in [-0.2, 0) is 0 Å². The number of hydrogen-bond acceptors (Lipinski definition) is 3. The van der Waals surface area contributed by atoms with Gasteiger partial charge in [0.05, 0.1) is 5.56 Å². The van der Waals surface area contributed by atoms with Gasteiger partial charge in [-0.05, 0) is 43.4 Å². The summed E-state index contributed by atoms with van der Waals surface area (Å²) in [4.78, 5) is 0. The molecule has 19 heavy (non-hydrogen) atoms. The topological polar surface area (TPSA) is 67.8 Å². The summed E-state index contributed by atoms with van der Waals surface area (Å²) in [6.07, 6.45) is 4.92. The third kappa shape index (κ3) is 3.41. The van der Waals surface area contributed by atoms with Crippen molar-refractivity contribution >= 4 is 21.8 Å². The summed E-state index contributed by atoms with van der Waals surface area (Å²) in [5.74, 6) is 1.28. The average molecular weight is 327 g/mol. The molecule has 1 aromatic carbocycles. The quantitative estimate of drug-likeness (QED) is 0.386. The molecule has 0 bridgehead atoms. The highest BCUT2D eigenvalue weighted by molar-refractivity contribution is 9.10. The van der Waals surface area contributed by atoms with E-state index in [-0.39, 0.29) is 11.9 Å². The summed E-state index contributed by atoms with van der Waals surface area (Å²) >= 11 is 3.42. The lowest BCUT2D eigenvalue weighted by Gasteiger charge is -2.30. The van der Waals surface area contributed by atoms with Crippen LogP contribution in [-0.4, -0.2) is 17.1 Å². The molecule has 3 N–H and O–H groups in total. The van der Waals surface area contributed by atoms with E-state index in [9.17, 15) is 0 Å². The van der Waals surface area contributed by atoms with E-state index >= 15 is 0 Å². The van der Waals surface area contributed by atoms with E-state index in [0.717, 1.165) is 10.9 Å². The highest BCUT2D eigenvalue weighted by Gasteiger charge is 2.24. The zero-order valence-corrected chi connectivity index (χ0v) is 12.6. The van der Waals surface area contributed by atoms with Crippen LogP contribution < -0.4 is 10.5 Å². The van der Waals surface area contributed by atoms with Crippen LogP contribution in [0.5, 0.6) is 5.75 Å². The van der Waals surface area contributed by atoms with Crippen LogP contribution in [0.25, 0.3) is 0 Å². The molecule has 1 saturated carbocycles. The molecular formula is C14H19BrN2O2. The zero-order chi connectivity index (χ0) is 13.8. The van der Waals surface area contributed by atoms with Gasteiger partial charge >= 0.3 is 0 Å². The van der Waals surface area contributed by atoms with E-state index in [4.69, 9.17) is 15.7 Å². The van der Waals surface area contributed by atoms with Crippen LogP contribution in [0.2, 0.25) is 0 Å². The number of oxime groups is 1. The molecule has 0 aliphatic heterocycles. The molecule has 1 fully saturated rings. The van der Waals surface area contributed by atoms with Gasteiger partial charge in [0, 0.05) is 4.47 Å². The highest BCUT2D eigenvalue weighted by atomic mass is 79.9. The van der Waals surface area contributed by atoms with Crippen LogP contribution in [0.1, 0.15) is 38.2 Å². The Balaban J connectivity index is 2.25. The number of rotatable bonds is 3. The fourth-order valence-corrected chi connectivity index (χ4v) is 2.82. The molecule has 1 aliphatic rings. The second-order valence-electron chi connectivity index (χ2n) is 5.04. The Bertz CT molecular complexity index is 477. The maximum atomic E-state index is 8.84. The van der Waals surface area contributed by atoms with Crippen molar-refractivity contribution in [2.24, 2.45) is 16.8 Å². The molecule has 0 saturated heterocycles. The van der Waals surface area contributed by atoms with Gasteiger partial charge in [0.1, 0.15) is 11.9 Å². The predicted molar refractivity (Wildman–Crippen MR) is 78.7 cm³/mol. The second kappa shape index (κ2) is 6.28. The Kier molecular flexibility index (Phi) is 4.69. The Labute approximate surface area is 121 Å². The summed E-state index contributed by atoms with van der Waals surface area (Å²) < 4.78 is 7.02. The second-order valence-corrected chi connectivity index (χ2v) is 5.96. The monoisotopic (exact) mass is 326 g/mol. The Morgan fingerprint density at radius 1 is 1.42 bits per heavy atom. The first kappa shape index (κ1) is 14.2. The Hall–Kier alpha value is -1.23. The van der Waals surface area contributed by atoms with Gasteiger partial charge in [0.2, 0.25) is 0 Å². The van der Waals surface area contributed by atoms with Gasteiger partial charge in [-0.25, -0.2) is 0 Å². The maximum Gasteiger partial charge on any atom is 0.173 e. The minimum Gasteiger partial charge on any atom is -0.489 e. The SMILES string of the molecule is CC1CCCCC1Oc1cc(Br)ccc1/C(N)=N/O. The van der Waals surface area contributed by atoms with Crippen LogP contribution in [0.3, 0.4) is 0 Å². The number of amidine groups is 1. The number of halogens is 1. The molecule has 0 amide bonds. The predicted octanol–water partition coefficient (Wildman–Crippen LogP) is 3.50. The molecular weight excluding hydrogens is 308 g/mol. The lowest BCUT2D eigenvalue weighted by Crippen LogP contribution is -2.29. The van der Waals surface area contributed by atoms with Crippen molar-refractivity contribution in [3.05, 3.63) is 28.2 Å². The minimum atomic E-state index is 0.0750.